The zero-order chi connectivity index (χ0) is 35.0. The summed E-state index contributed by atoms with van der Waals surface area (Å²) in [6, 6.07) is 39.8. The third-order valence-corrected chi connectivity index (χ3v) is 9.31. The molecule has 1 saturated heterocycles. The van der Waals surface area contributed by atoms with Gasteiger partial charge in [0, 0.05) is 43.4 Å². The number of hydrazine groups is 1. The van der Waals surface area contributed by atoms with Crippen molar-refractivity contribution in [2.45, 2.75) is 32.6 Å². The summed E-state index contributed by atoms with van der Waals surface area (Å²) < 4.78 is 0. The van der Waals surface area contributed by atoms with Crippen molar-refractivity contribution in [3.63, 3.8) is 0 Å². The zero-order valence-corrected chi connectivity index (χ0v) is 28.7. The number of hydrogen-bond donors (Lipinski definition) is 1. The number of aliphatic hydroxyl groups excluding tert-OH is 1. The number of benzene rings is 5. The van der Waals surface area contributed by atoms with Gasteiger partial charge in [-0.25, -0.2) is 5.01 Å². The Morgan fingerprint density at radius 1 is 0.700 bits per heavy atom. The topological polar surface area (TPSA) is 81.2 Å². The standard InChI is InChI=1S/C43H43N3O4/c1-31-7-17-36(18-8-31)41(48)29-44(2)39-21-15-34(16-22-39)27-33-13-19-37(20-14-33)42(49)30-46-43(50)23-25-45(46)40-6-4-3-5-38(40)28-35-11-9-32(10-12-35)24-26-47/h3-22,47H,23-30H2,1-2H3. The Morgan fingerprint density at radius 3 is 1.94 bits per heavy atom. The molecule has 0 spiro atoms. The maximum absolute atomic E-state index is 13.5. The highest BCUT2D eigenvalue weighted by Crippen LogP contribution is 2.29. The molecule has 50 heavy (non-hydrogen) atoms. The number of nitrogens with zero attached hydrogens (tertiary/aromatic N) is 3. The molecule has 0 unspecified atom stereocenters. The van der Waals surface area contributed by atoms with E-state index in [2.05, 4.69) is 30.3 Å². The van der Waals surface area contributed by atoms with Crippen LogP contribution in [0.1, 0.15) is 60.5 Å². The lowest BCUT2D eigenvalue weighted by Crippen LogP contribution is -2.43. The zero-order valence-electron chi connectivity index (χ0n) is 28.7. The number of para-hydroxylation sites is 1. The van der Waals surface area contributed by atoms with Crippen molar-refractivity contribution in [1.29, 1.82) is 0 Å². The third-order valence-electron chi connectivity index (χ3n) is 9.31. The van der Waals surface area contributed by atoms with Crippen molar-refractivity contribution in [2.24, 2.45) is 0 Å². The Hall–Kier alpha value is -5.53. The van der Waals surface area contributed by atoms with E-state index in [1.807, 2.05) is 115 Å². The summed E-state index contributed by atoms with van der Waals surface area (Å²) in [7, 11) is 1.92. The normalized spacial score (nSPS) is 12.7. The van der Waals surface area contributed by atoms with Crippen LogP contribution in [0.2, 0.25) is 0 Å². The molecule has 254 valence electrons. The lowest BCUT2D eigenvalue weighted by atomic mass is 10.0. The number of ketones is 2. The van der Waals surface area contributed by atoms with Crippen molar-refractivity contribution in [2.75, 3.05) is 43.2 Å². The van der Waals surface area contributed by atoms with E-state index in [1.54, 1.807) is 5.01 Å². The van der Waals surface area contributed by atoms with Gasteiger partial charge in [0.2, 0.25) is 5.91 Å². The average molecular weight is 666 g/mol. The number of amides is 1. The van der Waals surface area contributed by atoms with Crippen molar-refractivity contribution < 1.29 is 19.5 Å². The number of carbonyl (C=O) groups is 3. The Balaban J connectivity index is 1.06. The quantitative estimate of drug-likeness (QED) is 0.131. The van der Waals surface area contributed by atoms with E-state index in [0.717, 1.165) is 44.8 Å². The molecule has 7 nitrogen and oxygen atoms in total. The van der Waals surface area contributed by atoms with Gasteiger partial charge in [0.1, 0.15) is 6.54 Å². The number of Topliss-reactive ketones (excluding diaryl/α,β-unsaturated/α-hetero) is 2. The summed E-state index contributed by atoms with van der Waals surface area (Å²) in [5.41, 5.74) is 9.82. The van der Waals surface area contributed by atoms with Gasteiger partial charge in [-0.05, 0) is 72.2 Å². The second kappa shape index (κ2) is 15.8. The predicted molar refractivity (Wildman–Crippen MR) is 199 cm³/mol. The summed E-state index contributed by atoms with van der Waals surface area (Å²) in [6.07, 6.45) is 2.38. The summed E-state index contributed by atoms with van der Waals surface area (Å²) in [4.78, 5) is 41.2. The number of carbonyl (C=O) groups excluding carboxylic acids is 3. The van der Waals surface area contributed by atoms with Gasteiger partial charge < -0.3 is 10.0 Å². The molecular weight excluding hydrogens is 622 g/mol. The Morgan fingerprint density at radius 2 is 1.26 bits per heavy atom. The molecule has 0 saturated carbocycles. The van der Waals surface area contributed by atoms with E-state index in [9.17, 15) is 19.5 Å². The minimum Gasteiger partial charge on any atom is -0.396 e. The monoisotopic (exact) mass is 665 g/mol. The van der Waals surface area contributed by atoms with Crippen LogP contribution >= 0.6 is 0 Å². The predicted octanol–water partition coefficient (Wildman–Crippen LogP) is 6.87. The third kappa shape index (κ3) is 8.36. The molecule has 1 fully saturated rings. The summed E-state index contributed by atoms with van der Waals surface area (Å²) >= 11 is 0. The van der Waals surface area contributed by atoms with E-state index in [4.69, 9.17) is 0 Å². The molecular formula is C43H43N3O4. The van der Waals surface area contributed by atoms with Gasteiger partial charge in [0.05, 0.1) is 12.2 Å². The van der Waals surface area contributed by atoms with Crippen LogP contribution in [0, 0.1) is 6.92 Å². The second-order valence-electron chi connectivity index (χ2n) is 13.0. The van der Waals surface area contributed by atoms with Gasteiger partial charge in [0.15, 0.2) is 11.6 Å². The summed E-state index contributed by atoms with van der Waals surface area (Å²) in [5, 5.41) is 12.8. The van der Waals surface area contributed by atoms with Crippen LogP contribution in [-0.2, 0) is 24.1 Å². The molecule has 5 aromatic carbocycles. The largest absolute Gasteiger partial charge is 0.396 e. The van der Waals surface area contributed by atoms with Crippen LogP contribution < -0.4 is 9.91 Å². The number of rotatable bonds is 14. The van der Waals surface area contributed by atoms with Crippen molar-refractivity contribution in [3.05, 3.63) is 166 Å². The average Bonchev–Trinajstić information content (AvgIpc) is 3.49. The number of hydrogen-bond acceptors (Lipinski definition) is 6. The number of anilines is 2. The molecule has 0 aromatic heterocycles. The Kier molecular flexibility index (Phi) is 10.8. The summed E-state index contributed by atoms with van der Waals surface area (Å²) in [5.74, 6) is -0.0942. The molecule has 1 amide bonds. The molecule has 5 aromatic rings. The van der Waals surface area contributed by atoms with Gasteiger partial charge >= 0.3 is 0 Å². The molecule has 0 atom stereocenters. The highest BCUT2D eigenvalue weighted by molar-refractivity contribution is 6.00. The lowest BCUT2D eigenvalue weighted by molar-refractivity contribution is -0.127. The van der Waals surface area contributed by atoms with Crippen molar-refractivity contribution in [3.8, 4) is 0 Å². The first-order valence-electron chi connectivity index (χ1n) is 17.1. The van der Waals surface area contributed by atoms with Crippen molar-refractivity contribution in [1.82, 2.24) is 5.01 Å². The summed E-state index contributed by atoms with van der Waals surface area (Å²) in [6.45, 7) is 2.93. The van der Waals surface area contributed by atoms with E-state index in [1.165, 1.54) is 0 Å². The number of aliphatic hydroxyl groups is 1. The molecule has 0 radical (unpaired) electrons. The number of likely N-dealkylation sites (N-methyl/N-ethyl adjacent to an activating group) is 1. The van der Waals surface area contributed by atoms with Gasteiger partial charge in [-0.15, -0.1) is 0 Å². The maximum atomic E-state index is 13.5. The molecule has 0 bridgehead atoms. The van der Waals surface area contributed by atoms with E-state index < -0.39 is 0 Å². The van der Waals surface area contributed by atoms with E-state index >= 15 is 0 Å². The molecule has 0 aliphatic carbocycles. The fourth-order valence-corrected chi connectivity index (χ4v) is 6.37. The van der Waals surface area contributed by atoms with E-state index in [0.29, 0.717) is 49.9 Å². The van der Waals surface area contributed by atoms with Crippen LogP contribution in [0.3, 0.4) is 0 Å². The first-order chi connectivity index (χ1) is 24.3. The van der Waals surface area contributed by atoms with E-state index in [-0.39, 0.29) is 30.6 Å². The van der Waals surface area contributed by atoms with Gasteiger partial charge in [-0.2, -0.15) is 0 Å². The SMILES string of the molecule is Cc1ccc(C(=O)CN(C)c2ccc(Cc3ccc(C(=O)CN4C(=O)CCN4c4ccccc4Cc4ccc(CCO)cc4)cc3)cc2)cc1. The highest BCUT2D eigenvalue weighted by atomic mass is 16.3. The fourth-order valence-electron chi connectivity index (χ4n) is 6.37. The number of aryl methyl sites for hydroxylation is 1. The fraction of sp³-hybridized carbons (Fsp3) is 0.233. The molecule has 1 N–H and O–H groups in total. The van der Waals surface area contributed by atoms with Crippen LogP contribution in [0.25, 0.3) is 0 Å². The smallest absolute Gasteiger partial charge is 0.243 e. The van der Waals surface area contributed by atoms with Crippen LogP contribution in [-0.4, -0.2) is 60.9 Å². The van der Waals surface area contributed by atoms with Gasteiger partial charge in [-0.1, -0.05) is 109 Å². The van der Waals surface area contributed by atoms with Gasteiger partial charge in [-0.3, -0.25) is 19.4 Å². The van der Waals surface area contributed by atoms with Gasteiger partial charge in [0.25, 0.3) is 0 Å². The highest BCUT2D eigenvalue weighted by Gasteiger charge is 2.32. The molecule has 1 aliphatic heterocycles. The minimum atomic E-state index is -0.110. The van der Waals surface area contributed by atoms with Crippen LogP contribution in [0.15, 0.2) is 121 Å². The first-order valence-corrected chi connectivity index (χ1v) is 17.1. The Labute approximate surface area is 294 Å². The Bertz CT molecular complexity index is 1940. The minimum absolute atomic E-state index is 0.0240. The lowest BCUT2D eigenvalue weighted by Gasteiger charge is -2.31. The van der Waals surface area contributed by atoms with Crippen LogP contribution in [0.5, 0.6) is 0 Å². The first kappa shape index (κ1) is 34.3. The molecule has 7 heteroatoms. The van der Waals surface area contributed by atoms with Crippen molar-refractivity contribution >= 4 is 28.8 Å². The molecule has 1 aliphatic rings. The van der Waals surface area contributed by atoms with Crippen LogP contribution in [0.4, 0.5) is 11.4 Å². The second-order valence-corrected chi connectivity index (χ2v) is 13.0. The molecule has 6 rings (SSSR count). The maximum Gasteiger partial charge on any atom is 0.243 e. The molecule has 1 heterocycles.